The van der Waals surface area contributed by atoms with Gasteiger partial charge in [0.1, 0.15) is 128 Å². The molecular weight excluding hydrogens is 1280 g/mol. The van der Waals surface area contributed by atoms with Crippen LogP contribution in [0.4, 0.5) is 0 Å². The molecule has 2 aromatic rings. The van der Waals surface area contributed by atoms with Gasteiger partial charge < -0.3 is 182 Å². The first kappa shape index (κ1) is 75.5. The molecule has 550 valence electrons. The fourth-order valence-electron chi connectivity index (χ4n) is 13.7. The number of nitrogens with two attached hydrogens (primary N) is 12. The maximum Gasteiger partial charge on any atom is 0.187 e. The van der Waals surface area contributed by atoms with Crippen molar-refractivity contribution in [1.82, 2.24) is 30.0 Å². The molecule has 38 atom stereocenters. The van der Waals surface area contributed by atoms with Crippen LogP contribution in [0.25, 0.3) is 0 Å². The summed E-state index contributed by atoms with van der Waals surface area (Å²) in [7, 11) is 0. The summed E-state index contributed by atoms with van der Waals surface area (Å²) in [5.74, 6) is -0.761. The second-order valence-corrected chi connectivity index (χ2v) is 26.6. The molecule has 8 fully saturated rings. The highest BCUT2D eigenvalue weighted by Gasteiger charge is 2.57. The van der Waals surface area contributed by atoms with Crippen molar-refractivity contribution in [3.05, 3.63) is 23.8 Å². The van der Waals surface area contributed by atoms with Crippen molar-refractivity contribution in [2.24, 2.45) is 74.7 Å². The predicted molar refractivity (Wildman–Crippen MR) is 322 cm³/mol. The highest BCUT2D eigenvalue weighted by atomic mass is 16.8. The van der Waals surface area contributed by atoms with Crippen molar-refractivity contribution in [2.75, 3.05) is 19.6 Å². The van der Waals surface area contributed by atoms with Crippen molar-refractivity contribution in [2.45, 2.75) is 292 Å². The molecule has 2 saturated carbocycles. The maximum absolute atomic E-state index is 12.0. The molecule has 0 amide bonds. The average Bonchev–Trinajstić information content (AvgIpc) is 1.33. The molecule has 41 nitrogen and oxygen atoms in total. The largest absolute Gasteiger partial charge is 0.390 e. The van der Waals surface area contributed by atoms with E-state index < -0.39 is 233 Å². The van der Waals surface area contributed by atoms with E-state index in [-0.39, 0.29) is 45.6 Å². The van der Waals surface area contributed by atoms with Crippen molar-refractivity contribution in [3.63, 3.8) is 0 Å². The molecule has 10 rings (SSSR count). The molecule has 6 aliphatic heterocycles. The fraction of sp³-hybridized carbons (Fsp3) is 0.927. The highest BCUT2D eigenvalue weighted by Crippen LogP contribution is 2.38. The van der Waals surface area contributed by atoms with Gasteiger partial charge in [0, 0.05) is 68.2 Å². The summed E-state index contributed by atoms with van der Waals surface area (Å²) in [6, 6.07) is -8.30. The number of aromatic nitrogens is 6. The molecule has 20 unspecified atom stereocenters. The third kappa shape index (κ3) is 16.2. The van der Waals surface area contributed by atoms with Crippen LogP contribution >= 0.6 is 0 Å². The number of hydrogen-bond donors (Lipinski definition) is 23. The zero-order valence-corrected chi connectivity index (χ0v) is 53.0. The Hall–Kier alpha value is -3.12. The maximum atomic E-state index is 12.0. The summed E-state index contributed by atoms with van der Waals surface area (Å²) in [5, 5.41) is 138. The second kappa shape index (κ2) is 32.5. The van der Waals surface area contributed by atoms with Gasteiger partial charge in [-0.1, -0.05) is 23.8 Å². The van der Waals surface area contributed by atoms with E-state index in [2.05, 4.69) is 20.6 Å². The summed E-state index contributed by atoms with van der Waals surface area (Å²) in [6.07, 6.45) is -32.8. The van der Waals surface area contributed by atoms with Gasteiger partial charge in [-0.2, -0.15) is 0 Å². The van der Waals surface area contributed by atoms with Crippen LogP contribution in [-0.4, -0.2) is 332 Å². The Morgan fingerprint density at radius 3 is 1.23 bits per heavy atom. The third-order valence-corrected chi connectivity index (χ3v) is 19.7. The lowest BCUT2D eigenvalue weighted by Crippen LogP contribution is -2.68. The van der Waals surface area contributed by atoms with Crippen molar-refractivity contribution in [1.29, 1.82) is 0 Å². The Kier molecular flexibility index (Phi) is 25.5. The van der Waals surface area contributed by atoms with Crippen LogP contribution in [0.1, 0.15) is 50.4 Å². The summed E-state index contributed by atoms with van der Waals surface area (Å²) in [4.78, 5) is 0. The van der Waals surface area contributed by atoms with Crippen molar-refractivity contribution in [3.8, 4) is 0 Å². The first-order chi connectivity index (χ1) is 45.6. The number of aliphatic hydroxyl groups is 11. The van der Waals surface area contributed by atoms with Gasteiger partial charge in [-0.3, -0.25) is 0 Å². The zero-order valence-electron chi connectivity index (χ0n) is 53.0. The standard InChI is InChI=1S/C55H102N18O23/c1-16-32(74)34(76)23(9-56)85-50(16)90-43-21(61)7-19(59)28(63)47(43)94-54-41(83)46(93-53-31(66)39(81)40(82)49(67)96-53)27(88-54)15-73-13-18(69-71-73)6-4-2-3-5-17-12-72(70-68-17)14-26-45(92-52-30(65)38(80)36(78)25(11-58)87-52)42(84)55(89-26)95-48-33(75)20(60)8-22(62)44(48)91-51-29(64)37(79)35(77)24(10-57)86-51/h12-13,16,19-55,74-84H,2-11,14-15,56-67H2,1H3/t16?,19-,20-,21?,22?,23?,24?,25+,26-,27-,28?,29?,30?,31?,32-,33?,34?,35?,36?,37-,38?,39?,40?,41?,42?,43?,44?,45+,46+,47-,48-,49-,50+,51+,52-,53+,54+,55+/m1/s1. The molecule has 35 N–H and O–H groups in total. The number of unbranched alkanes of at least 4 members (excludes halogenated alkanes) is 2. The lowest BCUT2D eigenvalue weighted by molar-refractivity contribution is -0.311. The van der Waals surface area contributed by atoms with E-state index in [0.29, 0.717) is 43.5 Å². The number of ether oxygens (including phenoxy) is 12. The zero-order chi connectivity index (χ0) is 69.5. The Morgan fingerprint density at radius 1 is 0.375 bits per heavy atom. The average molecular weight is 1380 g/mol. The van der Waals surface area contributed by atoms with Gasteiger partial charge in [0.05, 0.1) is 54.8 Å². The lowest BCUT2D eigenvalue weighted by Gasteiger charge is -2.47. The van der Waals surface area contributed by atoms with Crippen molar-refractivity contribution < 1.29 is 113 Å². The van der Waals surface area contributed by atoms with Gasteiger partial charge in [-0.15, -0.1) is 10.2 Å². The minimum absolute atomic E-state index is 0.0306. The molecule has 96 heavy (non-hydrogen) atoms. The highest BCUT2D eigenvalue weighted by molar-refractivity contribution is 5.06. The van der Waals surface area contributed by atoms with E-state index in [1.165, 1.54) is 9.36 Å². The molecule has 41 heteroatoms. The van der Waals surface area contributed by atoms with Crippen LogP contribution in [-0.2, 0) is 82.8 Å². The number of rotatable bonds is 25. The van der Waals surface area contributed by atoms with E-state index >= 15 is 0 Å². The number of nitrogens with zero attached hydrogens (tertiary/aromatic N) is 6. The molecule has 8 heterocycles. The minimum atomic E-state index is -1.69. The van der Waals surface area contributed by atoms with Crippen LogP contribution in [0.15, 0.2) is 12.4 Å². The summed E-state index contributed by atoms with van der Waals surface area (Å²) < 4.78 is 76.8. The van der Waals surface area contributed by atoms with Gasteiger partial charge in [-0.05, 0) is 38.5 Å². The Bertz CT molecular complexity index is 2730. The topological polar surface area (TPSA) is 707 Å². The first-order valence-corrected chi connectivity index (χ1v) is 32.7. The van der Waals surface area contributed by atoms with Gasteiger partial charge >= 0.3 is 0 Å². The minimum Gasteiger partial charge on any atom is -0.390 e. The molecular formula is C55H102N18O23. The van der Waals surface area contributed by atoms with Crippen LogP contribution in [0.3, 0.4) is 0 Å². The Balaban J connectivity index is 0.770. The molecule has 8 aliphatic rings. The monoisotopic (exact) mass is 1380 g/mol. The van der Waals surface area contributed by atoms with Crippen LogP contribution in [0, 0.1) is 5.92 Å². The van der Waals surface area contributed by atoms with Gasteiger partial charge in [-0.25, -0.2) is 9.36 Å². The SMILES string of the molecule is CC1[C@H](OC2C(N)C[C@@H](N)C(N)[C@H]2O[C@@H]2O[C@H](Cn3cc(CCCCCc4cn(C[C@H]5O[C@@H](O[C@H]6C(O[C@@H]7OC(CN)C(O)[C@H](O)C7N)C(N)C[C@@H](N)C6O)C(O)[C@H]5O[C@H]5O[C@@H](CN)C(O)C(O)C5N)nn4)nn3)[C@H](O[C@H]3O[C@@H](N)C(O)C(O)C3N)C2O)OC(CN)C(O)[C@@H]1O. The molecule has 0 bridgehead atoms. The predicted octanol–water partition coefficient (Wildman–Crippen LogP) is -14.7. The van der Waals surface area contributed by atoms with Gasteiger partial charge in [0.15, 0.2) is 37.7 Å². The molecule has 2 aromatic heterocycles. The number of hydrogen-bond acceptors (Lipinski definition) is 39. The Morgan fingerprint density at radius 2 is 0.750 bits per heavy atom. The molecule has 0 spiro atoms. The third-order valence-electron chi connectivity index (χ3n) is 19.7. The van der Waals surface area contributed by atoms with Crippen molar-refractivity contribution >= 4 is 0 Å². The quantitative estimate of drug-likeness (QED) is 0.0411. The number of aliphatic hydroxyl groups excluding tert-OH is 11. The van der Waals surface area contributed by atoms with E-state index in [9.17, 15) is 56.2 Å². The van der Waals surface area contributed by atoms with Crippen LogP contribution in [0.5, 0.6) is 0 Å². The summed E-state index contributed by atoms with van der Waals surface area (Å²) in [6.45, 7) is 0.842. The molecule has 2 aliphatic carbocycles. The van der Waals surface area contributed by atoms with Crippen LogP contribution < -0.4 is 68.8 Å². The second-order valence-electron chi connectivity index (χ2n) is 26.6. The molecule has 0 aromatic carbocycles. The fourth-order valence-corrected chi connectivity index (χ4v) is 13.7. The van der Waals surface area contributed by atoms with Gasteiger partial charge in [0.2, 0.25) is 0 Å². The van der Waals surface area contributed by atoms with Crippen LogP contribution in [0.2, 0.25) is 0 Å². The number of aryl methyl sites for hydroxylation is 2. The Labute approximate surface area is 551 Å². The smallest absolute Gasteiger partial charge is 0.187 e. The first-order valence-electron chi connectivity index (χ1n) is 32.7. The molecule has 0 radical (unpaired) electrons. The molecule has 6 saturated heterocycles. The summed E-state index contributed by atoms with van der Waals surface area (Å²) >= 11 is 0. The van der Waals surface area contributed by atoms with E-state index in [1.807, 2.05) is 0 Å². The summed E-state index contributed by atoms with van der Waals surface area (Å²) in [5.41, 5.74) is 76.1. The van der Waals surface area contributed by atoms with Gasteiger partial charge in [0.25, 0.3) is 0 Å². The lowest BCUT2D eigenvalue weighted by atomic mass is 9.83. The van der Waals surface area contributed by atoms with E-state index in [1.54, 1.807) is 19.3 Å². The normalized spacial score (nSPS) is 48.8. The van der Waals surface area contributed by atoms with E-state index in [4.69, 9.17) is 126 Å². The van der Waals surface area contributed by atoms with E-state index in [0.717, 1.165) is 0 Å².